The van der Waals surface area contributed by atoms with Crippen LogP contribution in [0.3, 0.4) is 0 Å². The van der Waals surface area contributed by atoms with Gasteiger partial charge < -0.3 is 5.32 Å². The van der Waals surface area contributed by atoms with Crippen molar-refractivity contribution in [3.05, 3.63) is 54.3 Å². The largest absolute Gasteiger partial charge is 0.362 e. The van der Waals surface area contributed by atoms with Crippen molar-refractivity contribution in [2.75, 3.05) is 5.32 Å². The van der Waals surface area contributed by atoms with E-state index in [2.05, 4.69) is 50.4 Å². The number of rotatable bonds is 3. The van der Waals surface area contributed by atoms with Gasteiger partial charge in [-0.2, -0.15) is 0 Å². The standard InChI is InChI=1S/C15H21N/c1-5-6-7-12-16-14-10-8-13(9-11-14)15(2,3)4/h5-12,16H,1-4H3/b6-5-,12-7-. The lowest BCUT2D eigenvalue weighted by Gasteiger charge is -2.19. The molecule has 1 aromatic carbocycles. The molecule has 1 aromatic rings. The molecule has 0 atom stereocenters. The number of hydrogen-bond donors (Lipinski definition) is 1. The van der Waals surface area contributed by atoms with Gasteiger partial charge in [0.2, 0.25) is 0 Å². The van der Waals surface area contributed by atoms with Crippen molar-refractivity contribution in [1.82, 2.24) is 0 Å². The summed E-state index contributed by atoms with van der Waals surface area (Å²) in [6, 6.07) is 8.57. The normalized spacial score (nSPS) is 12.5. The van der Waals surface area contributed by atoms with Crippen molar-refractivity contribution in [2.24, 2.45) is 0 Å². The van der Waals surface area contributed by atoms with Gasteiger partial charge in [-0.25, -0.2) is 0 Å². The fraction of sp³-hybridized carbons (Fsp3) is 0.333. The van der Waals surface area contributed by atoms with Gasteiger partial charge in [0.1, 0.15) is 0 Å². The number of benzene rings is 1. The summed E-state index contributed by atoms with van der Waals surface area (Å²) in [6.45, 7) is 8.67. The smallest absolute Gasteiger partial charge is 0.0379 e. The number of anilines is 1. The van der Waals surface area contributed by atoms with Crippen molar-refractivity contribution in [1.29, 1.82) is 0 Å². The van der Waals surface area contributed by atoms with E-state index in [0.717, 1.165) is 5.69 Å². The molecule has 0 saturated carbocycles. The van der Waals surface area contributed by atoms with E-state index in [1.165, 1.54) is 5.56 Å². The van der Waals surface area contributed by atoms with Gasteiger partial charge in [0.15, 0.2) is 0 Å². The monoisotopic (exact) mass is 215 g/mol. The molecule has 0 aliphatic carbocycles. The minimum atomic E-state index is 0.222. The molecule has 0 fully saturated rings. The van der Waals surface area contributed by atoms with Crippen LogP contribution in [0.2, 0.25) is 0 Å². The van der Waals surface area contributed by atoms with E-state index < -0.39 is 0 Å². The van der Waals surface area contributed by atoms with Crippen LogP contribution in [-0.4, -0.2) is 0 Å². The molecule has 0 heterocycles. The van der Waals surface area contributed by atoms with Crippen LogP contribution in [0.4, 0.5) is 5.69 Å². The Kier molecular flexibility index (Phi) is 4.36. The topological polar surface area (TPSA) is 12.0 Å². The Morgan fingerprint density at radius 3 is 2.12 bits per heavy atom. The van der Waals surface area contributed by atoms with Gasteiger partial charge in [0, 0.05) is 11.9 Å². The quantitative estimate of drug-likeness (QED) is 0.733. The van der Waals surface area contributed by atoms with E-state index in [1.54, 1.807) is 0 Å². The van der Waals surface area contributed by atoms with E-state index in [4.69, 9.17) is 0 Å². The highest BCUT2D eigenvalue weighted by molar-refractivity contribution is 5.47. The van der Waals surface area contributed by atoms with Crippen LogP contribution in [0.1, 0.15) is 33.3 Å². The summed E-state index contributed by atoms with van der Waals surface area (Å²) in [5.74, 6) is 0. The summed E-state index contributed by atoms with van der Waals surface area (Å²) in [5.41, 5.74) is 2.70. The van der Waals surface area contributed by atoms with Gasteiger partial charge in [-0.1, -0.05) is 45.1 Å². The highest BCUT2D eigenvalue weighted by Crippen LogP contribution is 2.23. The van der Waals surface area contributed by atoms with Gasteiger partial charge in [-0.15, -0.1) is 0 Å². The number of allylic oxidation sites excluding steroid dienone is 3. The van der Waals surface area contributed by atoms with Crippen molar-refractivity contribution in [3.8, 4) is 0 Å². The third kappa shape index (κ3) is 3.93. The van der Waals surface area contributed by atoms with E-state index in [9.17, 15) is 0 Å². The Balaban J connectivity index is 2.65. The van der Waals surface area contributed by atoms with Crippen molar-refractivity contribution >= 4 is 5.69 Å². The van der Waals surface area contributed by atoms with E-state index in [-0.39, 0.29) is 5.41 Å². The molecule has 0 radical (unpaired) electrons. The van der Waals surface area contributed by atoms with E-state index in [0.29, 0.717) is 0 Å². The fourth-order valence-electron chi connectivity index (χ4n) is 1.38. The Bertz CT molecular complexity index is 363. The minimum Gasteiger partial charge on any atom is -0.362 e. The molecule has 0 aromatic heterocycles. The lowest BCUT2D eigenvalue weighted by atomic mass is 9.87. The first kappa shape index (κ1) is 12.6. The molecule has 0 unspecified atom stereocenters. The summed E-state index contributed by atoms with van der Waals surface area (Å²) in [7, 11) is 0. The molecule has 0 saturated heterocycles. The van der Waals surface area contributed by atoms with Crippen LogP contribution in [0.15, 0.2) is 48.7 Å². The average molecular weight is 215 g/mol. The zero-order chi connectivity index (χ0) is 12.0. The van der Waals surface area contributed by atoms with E-state index >= 15 is 0 Å². The second kappa shape index (κ2) is 5.55. The second-order valence-electron chi connectivity index (χ2n) is 4.86. The molecule has 1 nitrogen and oxygen atoms in total. The zero-order valence-corrected chi connectivity index (χ0v) is 10.6. The summed E-state index contributed by atoms with van der Waals surface area (Å²) < 4.78 is 0. The Labute approximate surface area is 98.9 Å². The van der Waals surface area contributed by atoms with Gasteiger partial charge in [-0.3, -0.25) is 0 Å². The molecule has 1 rings (SSSR count). The first-order valence-electron chi connectivity index (χ1n) is 5.69. The fourth-order valence-corrected chi connectivity index (χ4v) is 1.38. The molecular weight excluding hydrogens is 194 g/mol. The molecule has 0 amide bonds. The van der Waals surface area contributed by atoms with Crippen LogP contribution >= 0.6 is 0 Å². The molecule has 16 heavy (non-hydrogen) atoms. The molecule has 0 aliphatic rings. The van der Waals surface area contributed by atoms with Gasteiger partial charge in [0.25, 0.3) is 0 Å². The lowest BCUT2D eigenvalue weighted by molar-refractivity contribution is 0.590. The first-order chi connectivity index (χ1) is 7.54. The number of hydrogen-bond acceptors (Lipinski definition) is 1. The lowest BCUT2D eigenvalue weighted by Crippen LogP contribution is -2.10. The third-order valence-electron chi connectivity index (χ3n) is 2.40. The predicted octanol–water partition coefficient (Wildman–Crippen LogP) is 4.49. The third-order valence-corrected chi connectivity index (χ3v) is 2.40. The molecule has 1 N–H and O–H groups in total. The van der Waals surface area contributed by atoms with Crippen LogP contribution in [0, 0.1) is 0 Å². The molecule has 1 heteroatoms. The first-order valence-corrected chi connectivity index (χ1v) is 5.69. The van der Waals surface area contributed by atoms with Gasteiger partial charge in [0.05, 0.1) is 0 Å². The maximum Gasteiger partial charge on any atom is 0.0379 e. The Hall–Kier alpha value is -1.50. The van der Waals surface area contributed by atoms with Gasteiger partial charge in [-0.05, 0) is 36.1 Å². The molecule has 0 aliphatic heterocycles. The van der Waals surface area contributed by atoms with Crippen LogP contribution in [-0.2, 0) is 5.41 Å². The molecule has 0 spiro atoms. The van der Waals surface area contributed by atoms with Crippen molar-refractivity contribution in [3.63, 3.8) is 0 Å². The maximum atomic E-state index is 3.23. The van der Waals surface area contributed by atoms with Crippen LogP contribution in [0.25, 0.3) is 0 Å². The summed E-state index contributed by atoms with van der Waals surface area (Å²) in [5, 5.41) is 3.23. The maximum absolute atomic E-state index is 3.23. The highest BCUT2D eigenvalue weighted by atomic mass is 14.8. The Morgan fingerprint density at radius 2 is 1.62 bits per heavy atom. The van der Waals surface area contributed by atoms with Crippen molar-refractivity contribution in [2.45, 2.75) is 33.1 Å². The molecule has 86 valence electrons. The SMILES string of the molecule is C/C=C\C=C/Nc1ccc(C(C)(C)C)cc1. The number of nitrogens with one attached hydrogen (secondary N) is 1. The van der Waals surface area contributed by atoms with Crippen LogP contribution in [0.5, 0.6) is 0 Å². The molecular formula is C15H21N. The van der Waals surface area contributed by atoms with Crippen molar-refractivity contribution < 1.29 is 0 Å². The summed E-state index contributed by atoms with van der Waals surface area (Å²) in [6.07, 6.45) is 7.92. The predicted molar refractivity (Wildman–Crippen MR) is 72.7 cm³/mol. The zero-order valence-electron chi connectivity index (χ0n) is 10.6. The van der Waals surface area contributed by atoms with Gasteiger partial charge >= 0.3 is 0 Å². The summed E-state index contributed by atoms with van der Waals surface area (Å²) in [4.78, 5) is 0. The minimum absolute atomic E-state index is 0.222. The Morgan fingerprint density at radius 1 is 1.00 bits per heavy atom. The highest BCUT2D eigenvalue weighted by Gasteiger charge is 2.12. The summed E-state index contributed by atoms with van der Waals surface area (Å²) >= 11 is 0. The second-order valence-corrected chi connectivity index (χ2v) is 4.86. The average Bonchev–Trinajstić information content (AvgIpc) is 2.24. The van der Waals surface area contributed by atoms with Crippen LogP contribution < -0.4 is 5.32 Å². The van der Waals surface area contributed by atoms with E-state index in [1.807, 2.05) is 31.4 Å². The molecule has 0 bridgehead atoms.